The van der Waals surface area contributed by atoms with Crippen LogP contribution in [0.15, 0.2) is 66.9 Å². The van der Waals surface area contributed by atoms with Gasteiger partial charge in [0.2, 0.25) is 5.91 Å². The van der Waals surface area contributed by atoms with E-state index in [-0.39, 0.29) is 12.3 Å². The van der Waals surface area contributed by atoms with Gasteiger partial charge in [0.15, 0.2) is 11.6 Å². The average molecular weight is 357 g/mol. The maximum absolute atomic E-state index is 12.3. The Morgan fingerprint density at radius 3 is 2.63 bits per heavy atom. The van der Waals surface area contributed by atoms with Crippen molar-refractivity contribution in [1.29, 1.82) is 0 Å². The number of amides is 1. The zero-order chi connectivity index (χ0) is 18.6. The summed E-state index contributed by atoms with van der Waals surface area (Å²) < 4.78 is 0. The fraction of sp³-hybridized carbons (Fsp3) is 0.0952. The van der Waals surface area contributed by atoms with Crippen molar-refractivity contribution < 1.29 is 4.79 Å². The summed E-state index contributed by atoms with van der Waals surface area (Å²) in [6.45, 7) is 2.03. The van der Waals surface area contributed by atoms with Gasteiger partial charge in [-0.05, 0) is 48.4 Å². The van der Waals surface area contributed by atoms with E-state index in [1.165, 1.54) is 0 Å². The van der Waals surface area contributed by atoms with Crippen LogP contribution in [0.25, 0.3) is 10.9 Å². The second kappa shape index (κ2) is 7.29. The quantitative estimate of drug-likeness (QED) is 0.500. The molecule has 0 aliphatic carbocycles. The van der Waals surface area contributed by atoms with E-state index in [4.69, 9.17) is 0 Å². The molecule has 0 spiro atoms. The van der Waals surface area contributed by atoms with Crippen molar-refractivity contribution in [3.63, 3.8) is 0 Å². The molecule has 0 aliphatic heterocycles. The first kappa shape index (κ1) is 16.8. The number of hydrogen-bond donors (Lipinski definition) is 3. The number of rotatable bonds is 5. The maximum atomic E-state index is 12.3. The maximum Gasteiger partial charge on any atom is 0.230 e. The van der Waals surface area contributed by atoms with E-state index in [0.29, 0.717) is 11.6 Å². The van der Waals surface area contributed by atoms with Gasteiger partial charge >= 0.3 is 0 Å². The number of carbonyl (C=O) groups excluding carboxylic acids is 1. The van der Waals surface area contributed by atoms with Gasteiger partial charge in [-0.2, -0.15) is 0 Å². The lowest BCUT2D eigenvalue weighted by atomic mass is 10.1. The minimum Gasteiger partial charge on any atom is -0.361 e. The third-order valence-electron chi connectivity index (χ3n) is 4.25. The van der Waals surface area contributed by atoms with Gasteiger partial charge in [0.05, 0.1) is 6.42 Å². The van der Waals surface area contributed by atoms with Crippen LogP contribution in [0.2, 0.25) is 0 Å². The normalized spacial score (nSPS) is 10.7. The first-order valence-electron chi connectivity index (χ1n) is 8.70. The molecule has 134 valence electrons. The Bertz CT molecular complexity index is 1090. The van der Waals surface area contributed by atoms with Gasteiger partial charge in [-0.1, -0.05) is 30.3 Å². The molecule has 0 unspecified atom stereocenters. The van der Waals surface area contributed by atoms with E-state index in [1.54, 1.807) is 12.1 Å². The minimum absolute atomic E-state index is 0.131. The van der Waals surface area contributed by atoms with Crippen LogP contribution in [0.1, 0.15) is 11.1 Å². The van der Waals surface area contributed by atoms with Gasteiger partial charge in [0.25, 0.3) is 0 Å². The number of hydrogen-bond acceptors (Lipinski definition) is 4. The van der Waals surface area contributed by atoms with Crippen molar-refractivity contribution in [1.82, 2.24) is 15.2 Å². The Morgan fingerprint density at radius 2 is 1.81 bits per heavy atom. The Labute approximate surface area is 156 Å². The molecule has 0 aliphatic rings. The average Bonchev–Trinajstić information content (AvgIpc) is 3.06. The third kappa shape index (κ3) is 3.95. The standard InChI is InChI=1S/C21H19N5O/c1-14-5-4-6-16(11-14)23-19-9-10-20(26-25-19)24-21(27)12-15-13-22-18-8-3-2-7-17(15)18/h2-11,13,22H,12H2,1H3,(H,23,25)(H,24,26,27). The van der Waals surface area contributed by atoms with Crippen molar-refractivity contribution in [3.8, 4) is 0 Å². The molecule has 6 heteroatoms. The summed E-state index contributed by atoms with van der Waals surface area (Å²) in [5, 5.41) is 15.2. The highest BCUT2D eigenvalue weighted by molar-refractivity contribution is 5.95. The van der Waals surface area contributed by atoms with Crippen molar-refractivity contribution in [2.45, 2.75) is 13.3 Å². The van der Waals surface area contributed by atoms with E-state index >= 15 is 0 Å². The van der Waals surface area contributed by atoms with Crippen molar-refractivity contribution in [2.24, 2.45) is 0 Å². The van der Waals surface area contributed by atoms with Crippen LogP contribution < -0.4 is 10.6 Å². The fourth-order valence-electron chi connectivity index (χ4n) is 2.97. The van der Waals surface area contributed by atoms with Crippen molar-refractivity contribution in [2.75, 3.05) is 10.6 Å². The molecule has 0 bridgehead atoms. The van der Waals surface area contributed by atoms with E-state index in [0.717, 1.165) is 27.7 Å². The van der Waals surface area contributed by atoms with Crippen LogP contribution >= 0.6 is 0 Å². The highest BCUT2D eigenvalue weighted by Gasteiger charge is 2.10. The van der Waals surface area contributed by atoms with Crippen molar-refractivity contribution >= 4 is 34.1 Å². The molecule has 0 saturated carbocycles. The molecule has 0 fully saturated rings. The summed E-state index contributed by atoms with van der Waals surface area (Å²) in [4.78, 5) is 15.5. The summed E-state index contributed by atoms with van der Waals surface area (Å²) in [5.74, 6) is 0.915. The van der Waals surface area contributed by atoms with E-state index in [9.17, 15) is 4.79 Å². The Hall–Kier alpha value is -3.67. The number of aromatic amines is 1. The number of carbonyl (C=O) groups is 1. The SMILES string of the molecule is Cc1cccc(Nc2ccc(NC(=O)Cc3c[nH]c4ccccc34)nn2)c1. The summed E-state index contributed by atoms with van der Waals surface area (Å²) in [6.07, 6.45) is 2.14. The van der Waals surface area contributed by atoms with Gasteiger partial charge in [0.1, 0.15) is 0 Å². The van der Waals surface area contributed by atoms with Gasteiger partial charge in [-0.15, -0.1) is 10.2 Å². The number of aryl methyl sites for hydroxylation is 1. The van der Waals surface area contributed by atoms with Gasteiger partial charge in [0, 0.05) is 22.8 Å². The van der Waals surface area contributed by atoms with E-state index in [2.05, 4.69) is 25.8 Å². The van der Waals surface area contributed by atoms with E-state index in [1.807, 2.05) is 61.7 Å². The number of nitrogens with one attached hydrogen (secondary N) is 3. The Morgan fingerprint density at radius 1 is 1.00 bits per heavy atom. The Kier molecular flexibility index (Phi) is 4.53. The van der Waals surface area contributed by atoms with Crippen LogP contribution in [0.4, 0.5) is 17.3 Å². The number of anilines is 3. The molecule has 27 heavy (non-hydrogen) atoms. The predicted molar refractivity (Wildman–Crippen MR) is 107 cm³/mol. The molecule has 0 atom stereocenters. The van der Waals surface area contributed by atoms with Crippen LogP contribution in [0.5, 0.6) is 0 Å². The number of benzene rings is 2. The number of aromatic nitrogens is 3. The minimum atomic E-state index is -0.131. The van der Waals surface area contributed by atoms with Crippen LogP contribution in [0.3, 0.4) is 0 Å². The molecule has 0 radical (unpaired) electrons. The number of nitrogens with zero attached hydrogens (tertiary/aromatic N) is 2. The second-order valence-electron chi connectivity index (χ2n) is 6.38. The Balaban J connectivity index is 1.40. The first-order chi connectivity index (χ1) is 13.2. The van der Waals surface area contributed by atoms with Gasteiger partial charge < -0.3 is 15.6 Å². The number of para-hydroxylation sites is 1. The van der Waals surface area contributed by atoms with Gasteiger partial charge in [-0.25, -0.2) is 0 Å². The van der Waals surface area contributed by atoms with Crippen LogP contribution in [-0.4, -0.2) is 21.1 Å². The zero-order valence-corrected chi connectivity index (χ0v) is 14.9. The predicted octanol–water partition coefficient (Wildman–Crippen LogP) is 4.19. The summed E-state index contributed by atoms with van der Waals surface area (Å²) in [5.41, 5.74) is 4.08. The lowest BCUT2D eigenvalue weighted by Crippen LogP contribution is -2.15. The second-order valence-corrected chi connectivity index (χ2v) is 6.38. The molecule has 2 heterocycles. The lowest BCUT2D eigenvalue weighted by Gasteiger charge is -2.07. The molecule has 4 aromatic rings. The first-order valence-corrected chi connectivity index (χ1v) is 8.70. The topological polar surface area (TPSA) is 82.7 Å². The molecule has 6 nitrogen and oxygen atoms in total. The lowest BCUT2D eigenvalue weighted by molar-refractivity contribution is -0.115. The molecule has 4 rings (SSSR count). The molecule has 1 amide bonds. The smallest absolute Gasteiger partial charge is 0.230 e. The highest BCUT2D eigenvalue weighted by atomic mass is 16.1. The van der Waals surface area contributed by atoms with Crippen LogP contribution in [-0.2, 0) is 11.2 Å². The van der Waals surface area contributed by atoms with Crippen LogP contribution in [0, 0.1) is 6.92 Å². The monoisotopic (exact) mass is 357 g/mol. The fourth-order valence-corrected chi connectivity index (χ4v) is 2.97. The van der Waals surface area contributed by atoms with Gasteiger partial charge in [-0.3, -0.25) is 4.79 Å². The highest BCUT2D eigenvalue weighted by Crippen LogP contribution is 2.19. The molecular weight excluding hydrogens is 338 g/mol. The number of fused-ring (bicyclic) bond motifs is 1. The molecule has 2 aromatic carbocycles. The summed E-state index contributed by atoms with van der Waals surface area (Å²) in [6, 6.07) is 19.4. The molecule has 3 N–H and O–H groups in total. The largest absolute Gasteiger partial charge is 0.361 e. The zero-order valence-electron chi connectivity index (χ0n) is 14.9. The third-order valence-corrected chi connectivity index (χ3v) is 4.25. The molecule has 2 aromatic heterocycles. The molecular formula is C21H19N5O. The van der Waals surface area contributed by atoms with Crippen molar-refractivity contribution in [3.05, 3.63) is 78.0 Å². The summed E-state index contributed by atoms with van der Waals surface area (Å²) >= 11 is 0. The number of H-pyrrole nitrogens is 1. The van der Waals surface area contributed by atoms with E-state index < -0.39 is 0 Å². The summed E-state index contributed by atoms with van der Waals surface area (Å²) in [7, 11) is 0. The molecule has 0 saturated heterocycles.